The van der Waals surface area contributed by atoms with Crippen LogP contribution in [0.4, 0.5) is 17.5 Å². The Hall–Kier alpha value is -2.95. The average molecular weight is 333 g/mol. The number of aryl methyl sites for hydroxylation is 1. The number of nitrogens with zero attached hydrogens (tertiary/aromatic N) is 3. The molecule has 0 amide bonds. The Bertz CT molecular complexity index is 859. The highest BCUT2D eigenvalue weighted by molar-refractivity contribution is 5.68. The van der Waals surface area contributed by atoms with E-state index >= 15 is 0 Å². The van der Waals surface area contributed by atoms with Crippen molar-refractivity contribution in [2.24, 2.45) is 0 Å². The van der Waals surface area contributed by atoms with E-state index in [1.54, 1.807) is 12.4 Å². The summed E-state index contributed by atoms with van der Waals surface area (Å²) >= 11 is 0. The topological polar surface area (TPSA) is 62.7 Å². The largest absolute Gasteiger partial charge is 0.352 e. The molecule has 3 rings (SSSR count). The van der Waals surface area contributed by atoms with Crippen LogP contribution in [0.1, 0.15) is 25.0 Å². The molecule has 0 unspecified atom stereocenters. The average Bonchev–Trinajstić information content (AvgIpc) is 2.59. The lowest BCUT2D eigenvalue weighted by molar-refractivity contribution is 0.876. The van der Waals surface area contributed by atoms with Crippen LogP contribution < -0.4 is 10.6 Å². The van der Waals surface area contributed by atoms with Gasteiger partial charge in [-0.05, 0) is 57.0 Å². The van der Waals surface area contributed by atoms with E-state index in [-0.39, 0.29) is 6.04 Å². The Labute approximate surface area is 148 Å². The van der Waals surface area contributed by atoms with Crippen molar-refractivity contribution in [1.29, 1.82) is 0 Å². The summed E-state index contributed by atoms with van der Waals surface area (Å²) in [5.74, 6) is 1.37. The van der Waals surface area contributed by atoms with Crippen LogP contribution in [-0.2, 0) is 0 Å². The maximum Gasteiger partial charge on any atom is 0.225 e. The predicted molar refractivity (Wildman–Crippen MR) is 103 cm³/mol. The molecule has 0 radical (unpaired) electrons. The van der Waals surface area contributed by atoms with Crippen LogP contribution in [0.2, 0.25) is 0 Å². The molecule has 1 aromatic carbocycles. The number of anilines is 3. The van der Waals surface area contributed by atoms with Gasteiger partial charge in [-0.15, -0.1) is 0 Å². The SMILES string of the molecule is Cc1cccc(Nc2cc(-c3ccncc3)nc(NC(C)C)n2)c1C. The van der Waals surface area contributed by atoms with E-state index in [2.05, 4.69) is 65.4 Å². The van der Waals surface area contributed by atoms with Crippen molar-refractivity contribution in [2.45, 2.75) is 33.7 Å². The van der Waals surface area contributed by atoms with Crippen molar-refractivity contribution in [3.8, 4) is 11.3 Å². The van der Waals surface area contributed by atoms with E-state index in [1.165, 1.54) is 11.1 Å². The van der Waals surface area contributed by atoms with Gasteiger partial charge in [0, 0.05) is 35.8 Å². The van der Waals surface area contributed by atoms with E-state index in [9.17, 15) is 0 Å². The molecule has 128 valence electrons. The molecular formula is C20H23N5. The Morgan fingerprint density at radius 2 is 1.72 bits per heavy atom. The normalized spacial score (nSPS) is 10.8. The number of hydrogen-bond acceptors (Lipinski definition) is 5. The molecule has 0 aliphatic heterocycles. The predicted octanol–water partition coefficient (Wildman–Crippen LogP) is 4.72. The van der Waals surface area contributed by atoms with Crippen LogP contribution in [0, 0.1) is 13.8 Å². The van der Waals surface area contributed by atoms with Crippen molar-refractivity contribution < 1.29 is 0 Å². The third-order valence-electron chi connectivity index (χ3n) is 3.99. The lowest BCUT2D eigenvalue weighted by atomic mass is 10.1. The van der Waals surface area contributed by atoms with Gasteiger partial charge in [-0.3, -0.25) is 4.98 Å². The van der Waals surface area contributed by atoms with E-state index < -0.39 is 0 Å². The lowest BCUT2D eigenvalue weighted by Gasteiger charge is -2.15. The van der Waals surface area contributed by atoms with Crippen molar-refractivity contribution >= 4 is 17.5 Å². The molecule has 0 saturated heterocycles. The zero-order valence-corrected chi connectivity index (χ0v) is 15.0. The molecular weight excluding hydrogens is 310 g/mol. The molecule has 3 aromatic rings. The van der Waals surface area contributed by atoms with Crippen LogP contribution >= 0.6 is 0 Å². The third-order valence-corrected chi connectivity index (χ3v) is 3.99. The molecule has 2 aromatic heterocycles. The van der Waals surface area contributed by atoms with Gasteiger partial charge in [-0.1, -0.05) is 12.1 Å². The first-order chi connectivity index (χ1) is 12.0. The standard InChI is InChI=1S/C20H23N5/c1-13(2)22-20-24-18(16-8-10-21-11-9-16)12-19(25-20)23-17-7-5-6-14(3)15(17)4/h5-13H,1-4H3,(H2,22,23,24,25). The van der Waals surface area contributed by atoms with E-state index in [0.717, 1.165) is 22.8 Å². The van der Waals surface area contributed by atoms with E-state index in [0.29, 0.717) is 5.95 Å². The maximum absolute atomic E-state index is 4.64. The van der Waals surface area contributed by atoms with Gasteiger partial charge < -0.3 is 10.6 Å². The minimum Gasteiger partial charge on any atom is -0.352 e. The summed E-state index contributed by atoms with van der Waals surface area (Å²) in [6, 6.07) is 12.3. The van der Waals surface area contributed by atoms with Gasteiger partial charge in [-0.2, -0.15) is 4.98 Å². The summed E-state index contributed by atoms with van der Waals surface area (Å²) in [6.07, 6.45) is 3.54. The third kappa shape index (κ3) is 4.12. The molecule has 0 atom stereocenters. The molecule has 0 bridgehead atoms. The summed E-state index contributed by atoms with van der Waals surface area (Å²) in [4.78, 5) is 13.3. The monoisotopic (exact) mass is 333 g/mol. The zero-order valence-electron chi connectivity index (χ0n) is 15.0. The molecule has 0 fully saturated rings. The fourth-order valence-corrected chi connectivity index (χ4v) is 2.53. The summed E-state index contributed by atoms with van der Waals surface area (Å²) in [7, 11) is 0. The molecule has 2 heterocycles. The molecule has 5 heteroatoms. The second-order valence-electron chi connectivity index (χ2n) is 6.37. The van der Waals surface area contributed by atoms with Crippen LogP contribution in [0.5, 0.6) is 0 Å². The molecule has 5 nitrogen and oxygen atoms in total. The Kier molecular flexibility index (Phi) is 4.93. The summed E-state index contributed by atoms with van der Waals surface area (Å²) in [5, 5.41) is 6.72. The Morgan fingerprint density at radius 1 is 0.960 bits per heavy atom. The highest BCUT2D eigenvalue weighted by Crippen LogP contribution is 2.26. The highest BCUT2D eigenvalue weighted by Gasteiger charge is 2.09. The Balaban J connectivity index is 2.01. The fraction of sp³-hybridized carbons (Fsp3) is 0.250. The Morgan fingerprint density at radius 3 is 2.44 bits per heavy atom. The molecule has 2 N–H and O–H groups in total. The quantitative estimate of drug-likeness (QED) is 0.707. The summed E-state index contributed by atoms with van der Waals surface area (Å²) < 4.78 is 0. The highest BCUT2D eigenvalue weighted by atomic mass is 15.2. The van der Waals surface area contributed by atoms with E-state index in [4.69, 9.17) is 0 Å². The molecule has 0 spiro atoms. The van der Waals surface area contributed by atoms with E-state index in [1.807, 2.05) is 24.3 Å². The number of benzene rings is 1. The summed E-state index contributed by atoms with van der Waals surface area (Å²) in [6.45, 7) is 8.35. The van der Waals surface area contributed by atoms with Crippen LogP contribution in [0.3, 0.4) is 0 Å². The molecule has 0 saturated carbocycles. The van der Waals surface area contributed by atoms with Crippen LogP contribution in [0.25, 0.3) is 11.3 Å². The smallest absolute Gasteiger partial charge is 0.225 e. The lowest BCUT2D eigenvalue weighted by Crippen LogP contribution is -2.13. The minimum absolute atomic E-state index is 0.251. The van der Waals surface area contributed by atoms with Crippen molar-refractivity contribution in [3.05, 3.63) is 59.9 Å². The van der Waals surface area contributed by atoms with Gasteiger partial charge in [-0.25, -0.2) is 4.98 Å². The number of hydrogen-bond donors (Lipinski definition) is 2. The van der Waals surface area contributed by atoms with Crippen LogP contribution in [-0.4, -0.2) is 21.0 Å². The second kappa shape index (κ2) is 7.30. The van der Waals surface area contributed by atoms with Gasteiger partial charge in [0.25, 0.3) is 0 Å². The second-order valence-corrected chi connectivity index (χ2v) is 6.37. The van der Waals surface area contributed by atoms with Crippen molar-refractivity contribution in [3.63, 3.8) is 0 Å². The van der Waals surface area contributed by atoms with Crippen LogP contribution in [0.15, 0.2) is 48.8 Å². The first kappa shape index (κ1) is 16.9. The number of aromatic nitrogens is 3. The maximum atomic E-state index is 4.64. The van der Waals surface area contributed by atoms with Gasteiger partial charge in [0.1, 0.15) is 5.82 Å². The molecule has 25 heavy (non-hydrogen) atoms. The van der Waals surface area contributed by atoms with Gasteiger partial charge in [0.15, 0.2) is 0 Å². The van der Waals surface area contributed by atoms with Crippen molar-refractivity contribution in [1.82, 2.24) is 15.0 Å². The minimum atomic E-state index is 0.251. The zero-order chi connectivity index (χ0) is 17.8. The van der Waals surface area contributed by atoms with Gasteiger partial charge in [0.05, 0.1) is 5.69 Å². The number of pyridine rings is 1. The number of nitrogens with one attached hydrogen (secondary N) is 2. The fourth-order valence-electron chi connectivity index (χ4n) is 2.53. The van der Waals surface area contributed by atoms with Gasteiger partial charge >= 0.3 is 0 Å². The van der Waals surface area contributed by atoms with Crippen molar-refractivity contribution in [2.75, 3.05) is 10.6 Å². The number of rotatable bonds is 5. The first-order valence-corrected chi connectivity index (χ1v) is 8.42. The molecule has 0 aliphatic rings. The first-order valence-electron chi connectivity index (χ1n) is 8.42. The molecule has 0 aliphatic carbocycles. The summed E-state index contributed by atoms with van der Waals surface area (Å²) in [5.41, 5.74) is 5.37. The van der Waals surface area contributed by atoms with Gasteiger partial charge in [0.2, 0.25) is 5.95 Å².